The van der Waals surface area contributed by atoms with E-state index in [0.29, 0.717) is 11.5 Å². The normalized spacial score (nSPS) is 10.4. The number of nitrogens with zero attached hydrogens (tertiary/aromatic N) is 2. The van der Waals surface area contributed by atoms with E-state index in [-0.39, 0.29) is 11.9 Å². The first kappa shape index (κ1) is 13.0. The summed E-state index contributed by atoms with van der Waals surface area (Å²) in [6.45, 7) is 0. The Bertz CT molecular complexity index is 740. The molecule has 0 aliphatic carbocycles. The minimum absolute atomic E-state index is 0.0798. The Labute approximate surface area is 126 Å². The van der Waals surface area contributed by atoms with Gasteiger partial charge in [0, 0.05) is 21.0 Å². The van der Waals surface area contributed by atoms with E-state index in [0.717, 1.165) is 10.0 Å². The van der Waals surface area contributed by atoms with E-state index in [2.05, 4.69) is 31.4 Å². The first-order valence-electron chi connectivity index (χ1n) is 5.65. The van der Waals surface area contributed by atoms with Crippen molar-refractivity contribution >= 4 is 39.2 Å². The van der Waals surface area contributed by atoms with Crippen LogP contribution in [0.2, 0.25) is 0 Å². The lowest BCUT2D eigenvalue weighted by molar-refractivity contribution is 0.102. The van der Waals surface area contributed by atoms with Gasteiger partial charge in [0.15, 0.2) is 0 Å². The number of carbonyl (C=O) groups is 1. The SMILES string of the molecule is O=C(Nc1nnc(-c2ccsc2)o1)c1cccc(Br)c1. The Hall–Kier alpha value is -1.99. The third kappa shape index (κ3) is 2.78. The van der Waals surface area contributed by atoms with Crippen molar-refractivity contribution in [2.45, 2.75) is 0 Å². The monoisotopic (exact) mass is 349 g/mol. The highest BCUT2D eigenvalue weighted by Crippen LogP contribution is 2.22. The van der Waals surface area contributed by atoms with Gasteiger partial charge in [-0.2, -0.15) is 11.3 Å². The van der Waals surface area contributed by atoms with Crippen molar-refractivity contribution in [2.75, 3.05) is 5.32 Å². The summed E-state index contributed by atoms with van der Waals surface area (Å²) in [6.07, 6.45) is 0. The van der Waals surface area contributed by atoms with Crippen LogP contribution >= 0.6 is 27.3 Å². The number of hydrogen-bond donors (Lipinski definition) is 1. The van der Waals surface area contributed by atoms with Gasteiger partial charge in [-0.3, -0.25) is 10.1 Å². The molecule has 5 nitrogen and oxygen atoms in total. The summed E-state index contributed by atoms with van der Waals surface area (Å²) in [5, 5.41) is 14.1. The quantitative estimate of drug-likeness (QED) is 0.780. The van der Waals surface area contributed by atoms with Crippen LogP contribution in [-0.2, 0) is 0 Å². The fourth-order valence-corrected chi connectivity index (χ4v) is 2.60. The molecule has 7 heteroatoms. The van der Waals surface area contributed by atoms with Crippen LogP contribution in [0.4, 0.5) is 6.01 Å². The average molecular weight is 350 g/mol. The summed E-state index contributed by atoms with van der Waals surface area (Å²) >= 11 is 4.85. The Kier molecular flexibility index (Phi) is 3.62. The number of aromatic nitrogens is 2. The smallest absolute Gasteiger partial charge is 0.322 e. The van der Waals surface area contributed by atoms with E-state index in [1.54, 1.807) is 18.2 Å². The minimum atomic E-state index is -0.299. The number of thiophene rings is 1. The van der Waals surface area contributed by atoms with Crippen LogP contribution < -0.4 is 5.32 Å². The zero-order valence-corrected chi connectivity index (χ0v) is 12.4. The van der Waals surface area contributed by atoms with Crippen molar-refractivity contribution in [1.82, 2.24) is 10.2 Å². The van der Waals surface area contributed by atoms with E-state index in [1.807, 2.05) is 22.9 Å². The summed E-state index contributed by atoms with van der Waals surface area (Å²) < 4.78 is 6.22. The van der Waals surface area contributed by atoms with Gasteiger partial charge in [-0.15, -0.1) is 5.10 Å². The molecule has 0 saturated carbocycles. The summed E-state index contributed by atoms with van der Waals surface area (Å²) in [7, 11) is 0. The maximum atomic E-state index is 12.0. The van der Waals surface area contributed by atoms with Gasteiger partial charge in [-0.1, -0.05) is 27.1 Å². The number of hydrogen-bond acceptors (Lipinski definition) is 5. The molecule has 0 saturated heterocycles. The van der Waals surface area contributed by atoms with Gasteiger partial charge in [0.05, 0.1) is 0 Å². The molecule has 100 valence electrons. The standard InChI is InChI=1S/C13H8BrN3O2S/c14-10-3-1-2-8(6-10)11(18)15-13-17-16-12(19-13)9-4-5-20-7-9/h1-7H,(H,15,17,18). The molecule has 20 heavy (non-hydrogen) atoms. The Morgan fingerprint density at radius 2 is 2.20 bits per heavy atom. The molecule has 0 atom stereocenters. The van der Waals surface area contributed by atoms with Crippen molar-refractivity contribution in [2.24, 2.45) is 0 Å². The van der Waals surface area contributed by atoms with Crippen molar-refractivity contribution in [1.29, 1.82) is 0 Å². The molecule has 3 aromatic rings. The third-order valence-electron chi connectivity index (χ3n) is 2.50. The lowest BCUT2D eigenvalue weighted by Gasteiger charge is -2.00. The first-order chi connectivity index (χ1) is 9.72. The lowest BCUT2D eigenvalue weighted by Crippen LogP contribution is -2.11. The van der Waals surface area contributed by atoms with Crippen LogP contribution in [0.3, 0.4) is 0 Å². The fourth-order valence-electron chi connectivity index (χ4n) is 1.58. The summed E-state index contributed by atoms with van der Waals surface area (Å²) in [5.41, 5.74) is 1.35. The number of nitrogens with one attached hydrogen (secondary N) is 1. The van der Waals surface area contributed by atoms with Crippen LogP contribution in [0.25, 0.3) is 11.5 Å². The van der Waals surface area contributed by atoms with E-state index in [1.165, 1.54) is 11.3 Å². The molecular formula is C13H8BrN3O2S. The lowest BCUT2D eigenvalue weighted by atomic mass is 10.2. The van der Waals surface area contributed by atoms with Crippen LogP contribution in [0.15, 0.2) is 50.0 Å². The maximum absolute atomic E-state index is 12.0. The van der Waals surface area contributed by atoms with Crippen LogP contribution in [0, 0.1) is 0 Å². The zero-order chi connectivity index (χ0) is 13.9. The molecule has 0 unspecified atom stereocenters. The predicted octanol–water partition coefficient (Wildman–Crippen LogP) is 3.81. The molecule has 0 spiro atoms. The topological polar surface area (TPSA) is 68.0 Å². The fraction of sp³-hybridized carbons (Fsp3) is 0. The van der Waals surface area contributed by atoms with Gasteiger partial charge in [0.25, 0.3) is 11.8 Å². The van der Waals surface area contributed by atoms with Gasteiger partial charge in [-0.05, 0) is 29.6 Å². The molecule has 0 fully saturated rings. The Morgan fingerprint density at radius 1 is 1.30 bits per heavy atom. The number of benzene rings is 1. The van der Waals surface area contributed by atoms with E-state index in [4.69, 9.17) is 4.42 Å². The molecule has 0 bridgehead atoms. The molecule has 1 aromatic carbocycles. The molecule has 0 aliphatic heterocycles. The highest BCUT2D eigenvalue weighted by Gasteiger charge is 2.13. The van der Waals surface area contributed by atoms with E-state index < -0.39 is 0 Å². The average Bonchev–Trinajstić information content (AvgIpc) is 3.08. The van der Waals surface area contributed by atoms with Gasteiger partial charge in [0.1, 0.15) is 0 Å². The molecule has 0 radical (unpaired) electrons. The molecule has 2 heterocycles. The highest BCUT2D eigenvalue weighted by molar-refractivity contribution is 9.10. The number of amides is 1. The molecular weight excluding hydrogens is 342 g/mol. The second-order valence-corrected chi connectivity index (χ2v) is 5.58. The highest BCUT2D eigenvalue weighted by atomic mass is 79.9. The minimum Gasteiger partial charge on any atom is -0.403 e. The van der Waals surface area contributed by atoms with Gasteiger partial charge in [0.2, 0.25) is 0 Å². The molecule has 3 rings (SSSR count). The summed E-state index contributed by atoms with van der Waals surface area (Å²) in [5.74, 6) is 0.0858. The molecule has 2 aromatic heterocycles. The predicted molar refractivity (Wildman–Crippen MR) is 79.7 cm³/mol. The summed E-state index contributed by atoms with van der Waals surface area (Å²) in [6, 6.07) is 9.00. The van der Waals surface area contributed by atoms with E-state index in [9.17, 15) is 4.79 Å². The second kappa shape index (κ2) is 5.56. The van der Waals surface area contributed by atoms with Gasteiger partial charge >= 0.3 is 6.01 Å². The Balaban J connectivity index is 1.77. The van der Waals surface area contributed by atoms with Gasteiger partial charge < -0.3 is 4.42 Å². The number of rotatable bonds is 3. The maximum Gasteiger partial charge on any atom is 0.322 e. The molecule has 0 aliphatic rings. The van der Waals surface area contributed by atoms with Crippen LogP contribution in [0.1, 0.15) is 10.4 Å². The van der Waals surface area contributed by atoms with Crippen molar-refractivity contribution in [3.05, 3.63) is 51.1 Å². The first-order valence-corrected chi connectivity index (χ1v) is 7.39. The zero-order valence-electron chi connectivity index (χ0n) is 10.0. The largest absolute Gasteiger partial charge is 0.403 e. The number of anilines is 1. The second-order valence-electron chi connectivity index (χ2n) is 3.89. The van der Waals surface area contributed by atoms with E-state index >= 15 is 0 Å². The third-order valence-corrected chi connectivity index (χ3v) is 3.68. The number of carbonyl (C=O) groups excluding carboxylic acids is 1. The van der Waals surface area contributed by atoms with Crippen molar-refractivity contribution in [3.8, 4) is 11.5 Å². The molecule has 1 amide bonds. The summed E-state index contributed by atoms with van der Waals surface area (Å²) in [4.78, 5) is 12.0. The molecule has 1 N–H and O–H groups in total. The van der Waals surface area contributed by atoms with Crippen LogP contribution in [0.5, 0.6) is 0 Å². The number of halogens is 1. The Morgan fingerprint density at radius 3 is 2.95 bits per heavy atom. The van der Waals surface area contributed by atoms with Crippen molar-refractivity contribution in [3.63, 3.8) is 0 Å². The van der Waals surface area contributed by atoms with Gasteiger partial charge in [-0.25, -0.2) is 0 Å². The van der Waals surface area contributed by atoms with Crippen LogP contribution in [-0.4, -0.2) is 16.1 Å². The van der Waals surface area contributed by atoms with Crippen molar-refractivity contribution < 1.29 is 9.21 Å².